The van der Waals surface area contributed by atoms with Gasteiger partial charge in [-0.2, -0.15) is 0 Å². The smallest absolute Gasteiger partial charge is 0.317 e. The minimum absolute atomic E-state index is 0.00925. The summed E-state index contributed by atoms with van der Waals surface area (Å²) in [6, 6.07) is -0.00925. The maximum absolute atomic E-state index is 11.8. The molecule has 0 spiro atoms. The summed E-state index contributed by atoms with van der Waals surface area (Å²) in [5.74, 6) is 0.258. The molecule has 0 aromatic rings. The molecule has 1 heterocycles. The second kappa shape index (κ2) is 6.47. The van der Waals surface area contributed by atoms with Crippen LogP contribution in [-0.4, -0.2) is 41.6 Å². The Morgan fingerprint density at radius 3 is 2.61 bits per heavy atom. The molecule has 1 aliphatic rings. The van der Waals surface area contributed by atoms with Gasteiger partial charge in [-0.3, -0.25) is 0 Å². The van der Waals surface area contributed by atoms with E-state index >= 15 is 0 Å². The normalized spacial score (nSPS) is 19.7. The van der Waals surface area contributed by atoms with E-state index in [0.717, 1.165) is 32.2 Å². The molecule has 6 heteroatoms. The molecule has 18 heavy (non-hydrogen) atoms. The van der Waals surface area contributed by atoms with Gasteiger partial charge in [0.2, 0.25) is 0 Å². The van der Waals surface area contributed by atoms with Crippen LogP contribution in [0.5, 0.6) is 0 Å². The highest BCUT2D eigenvalue weighted by molar-refractivity contribution is 5.86. The first-order valence-electron chi connectivity index (χ1n) is 6.54. The number of urea groups is 1. The number of amides is 2. The number of hydrogen-bond donors (Lipinski definition) is 3. The number of nitrogens with zero attached hydrogens (tertiary/aromatic N) is 2. The second-order valence-corrected chi connectivity index (χ2v) is 5.12. The molecule has 0 unspecified atom stereocenters. The van der Waals surface area contributed by atoms with Crippen LogP contribution in [-0.2, 0) is 0 Å². The summed E-state index contributed by atoms with van der Waals surface area (Å²) in [5, 5.41) is 14.7. The van der Waals surface area contributed by atoms with E-state index in [1.807, 2.05) is 6.92 Å². The average molecular weight is 256 g/mol. The van der Waals surface area contributed by atoms with Crippen LogP contribution < -0.4 is 11.1 Å². The number of carbonyl (C=O) groups is 1. The van der Waals surface area contributed by atoms with Crippen molar-refractivity contribution in [1.29, 1.82) is 0 Å². The van der Waals surface area contributed by atoms with Gasteiger partial charge in [-0.15, -0.1) is 0 Å². The van der Waals surface area contributed by atoms with Gasteiger partial charge in [-0.25, -0.2) is 4.79 Å². The fourth-order valence-electron chi connectivity index (χ4n) is 2.06. The summed E-state index contributed by atoms with van der Waals surface area (Å²) in [6.45, 7) is 6.07. The Morgan fingerprint density at radius 1 is 1.50 bits per heavy atom. The summed E-state index contributed by atoms with van der Waals surface area (Å²) in [4.78, 5) is 13.6. The molecule has 0 aromatic carbocycles. The standard InChI is InChI=1S/C12H24N4O2/c1-3-4-7-14-11(17)16-8-5-12(2,6-9-16)10(13)15-18/h18H,3-9H2,1-2H3,(H2,13,15)(H,14,17). The van der Waals surface area contributed by atoms with Crippen molar-refractivity contribution in [1.82, 2.24) is 10.2 Å². The molecular weight excluding hydrogens is 232 g/mol. The number of rotatable bonds is 4. The van der Waals surface area contributed by atoms with Crippen molar-refractivity contribution in [3.63, 3.8) is 0 Å². The van der Waals surface area contributed by atoms with Crippen LogP contribution in [0.3, 0.4) is 0 Å². The monoisotopic (exact) mass is 256 g/mol. The van der Waals surface area contributed by atoms with E-state index in [4.69, 9.17) is 10.9 Å². The minimum Gasteiger partial charge on any atom is -0.409 e. The maximum Gasteiger partial charge on any atom is 0.317 e. The lowest BCUT2D eigenvalue weighted by Crippen LogP contribution is -2.50. The number of carbonyl (C=O) groups excluding carboxylic acids is 1. The lowest BCUT2D eigenvalue weighted by Gasteiger charge is -2.38. The van der Waals surface area contributed by atoms with Crippen molar-refractivity contribution in [2.45, 2.75) is 39.5 Å². The molecule has 0 radical (unpaired) electrons. The highest BCUT2D eigenvalue weighted by Crippen LogP contribution is 2.30. The summed E-state index contributed by atoms with van der Waals surface area (Å²) >= 11 is 0. The fourth-order valence-corrected chi connectivity index (χ4v) is 2.06. The Hall–Kier alpha value is -1.46. The van der Waals surface area contributed by atoms with Gasteiger partial charge in [0.15, 0.2) is 0 Å². The topological polar surface area (TPSA) is 91.0 Å². The summed E-state index contributed by atoms with van der Waals surface area (Å²) in [5.41, 5.74) is 5.39. The van der Waals surface area contributed by atoms with Crippen molar-refractivity contribution in [3.8, 4) is 0 Å². The van der Waals surface area contributed by atoms with Crippen LogP contribution in [0.1, 0.15) is 39.5 Å². The van der Waals surface area contributed by atoms with Gasteiger partial charge < -0.3 is 21.2 Å². The predicted molar refractivity (Wildman–Crippen MR) is 70.6 cm³/mol. The molecule has 0 saturated carbocycles. The Morgan fingerprint density at radius 2 is 2.11 bits per heavy atom. The highest BCUT2D eigenvalue weighted by atomic mass is 16.4. The van der Waals surface area contributed by atoms with Crippen molar-refractivity contribution in [3.05, 3.63) is 0 Å². The SMILES string of the molecule is CCCCNC(=O)N1CCC(C)(C(N)=NO)CC1. The molecule has 0 aromatic heterocycles. The van der Waals surface area contributed by atoms with Crippen LogP contribution in [0, 0.1) is 5.41 Å². The van der Waals surface area contributed by atoms with E-state index in [1.165, 1.54) is 0 Å². The second-order valence-electron chi connectivity index (χ2n) is 5.12. The molecule has 0 aliphatic carbocycles. The van der Waals surface area contributed by atoms with Crippen molar-refractivity contribution in [2.24, 2.45) is 16.3 Å². The largest absolute Gasteiger partial charge is 0.409 e. The van der Waals surface area contributed by atoms with Crippen molar-refractivity contribution < 1.29 is 10.0 Å². The van der Waals surface area contributed by atoms with Crippen LogP contribution in [0.4, 0.5) is 4.79 Å². The van der Waals surface area contributed by atoms with Gasteiger partial charge in [0.25, 0.3) is 0 Å². The first kappa shape index (κ1) is 14.6. The number of amidine groups is 1. The first-order valence-corrected chi connectivity index (χ1v) is 6.54. The number of nitrogens with two attached hydrogens (primary N) is 1. The molecule has 1 aliphatic heterocycles. The lowest BCUT2D eigenvalue weighted by molar-refractivity contribution is 0.157. The minimum atomic E-state index is -0.297. The molecule has 1 saturated heterocycles. The number of piperidine rings is 1. The molecule has 6 nitrogen and oxygen atoms in total. The zero-order chi connectivity index (χ0) is 13.6. The van der Waals surface area contributed by atoms with Crippen LogP contribution in [0.15, 0.2) is 5.16 Å². The van der Waals surface area contributed by atoms with Gasteiger partial charge in [0.1, 0.15) is 5.84 Å². The van der Waals surface area contributed by atoms with Crippen LogP contribution in [0.2, 0.25) is 0 Å². The van der Waals surface area contributed by atoms with Crippen molar-refractivity contribution >= 4 is 11.9 Å². The summed E-state index contributed by atoms with van der Waals surface area (Å²) < 4.78 is 0. The number of oxime groups is 1. The van der Waals surface area contributed by atoms with E-state index in [-0.39, 0.29) is 17.3 Å². The zero-order valence-electron chi connectivity index (χ0n) is 11.3. The predicted octanol–water partition coefficient (Wildman–Crippen LogP) is 1.34. The quantitative estimate of drug-likeness (QED) is 0.233. The highest BCUT2D eigenvalue weighted by Gasteiger charge is 2.35. The molecule has 1 rings (SSSR count). The molecule has 104 valence electrons. The third kappa shape index (κ3) is 3.51. The van der Waals surface area contributed by atoms with E-state index in [0.29, 0.717) is 13.1 Å². The Labute approximate surface area is 108 Å². The number of nitrogens with one attached hydrogen (secondary N) is 1. The number of likely N-dealkylation sites (tertiary alicyclic amines) is 1. The Kier molecular flexibility index (Phi) is 5.25. The Balaban J connectivity index is 2.41. The van der Waals surface area contributed by atoms with Gasteiger partial charge in [0, 0.05) is 25.0 Å². The molecule has 1 fully saturated rings. The van der Waals surface area contributed by atoms with Crippen molar-refractivity contribution in [2.75, 3.05) is 19.6 Å². The molecule has 2 amide bonds. The van der Waals surface area contributed by atoms with E-state index in [2.05, 4.69) is 17.4 Å². The van der Waals surface area contributed by atoms with Gasteiger partial charge >= 0.3 is 6.03 Å². The third-order valence-corrected chi connectivity index (χ3v) is 3.69. The molecule has 0 atom stereocenters. The van der Waals surface area contributed by atoms with E-state index in [1.54, 1.807) is 4.90 Å². The maximum atomic E-state index is 11.8. The summed E-state index contributed by atoms with van der Waals surface area (Å²) in [7, 11) is 0. The Bertz CT molecular complexity index is 309. The van der Waals surface area contributed by atoms with Gasteiger partial charge in [-0.1, -0.05) is 25.4 Å². The first-order chi connectivity index (χ1) is 8.53. The van der Waals surface area contributed by atoms with Gasteiger partial charge in [0.05, 0.1) is 0 Å². The lowest BCUT2D eigenvalue weighted by atomic mass is 9.79. The third-order valence-electron chi connectivity index (χ3n) is 3.69. The van der Waals surface area contributed by atoms with Crippen LogP contribution >= 0.6 is 0 Å². The fraction of sp³-hybridized carbons (Fsp3) is 0.833. The molecular formula is C12H24N4O2. The average Bonchev–Trinajstić information content (AvgIpc) is 2.38. The van der Waals surface area contributed by atoms with Crippen LogP contribution in [0.25, 0.3) is 0 Å². The zero-order valence-corrected chi connectivity index (χ0v) is 11.3. The molecule has 0 bridgehead atoms. The number of unbranched alkanes of at least 4 members (excludes halogenated alkanes) is 1. The molecule has 4 N–H and O–H groups in total. The summed E-state index contributed by atoms with van der Waals surface area (Å²) in [6.07, 6.45) is 3.53. The van der Waals surface area contributed by atoms with E-state index < -0.39 is 0 Å². The van der Waals surface area contributed by atoms with E-state index in [9.17, 15) is 4.79 Å². The number of hydrogen-bond acceptors (Lipinski definition) is 3. The van der Waals surface area contributed by atoms with Gasteiger partial charge in [-0.05, 0) is 19.3 Å².